The van der Waals surface area contributed by atoms with Gasteiger partial charge in [-0.2, -0.15) is 0 Å². The van der Waals surface area contributed by atoms with Crippen LogP contribution in [-0.2, 0) is 13.6 Å². The number of unbranched alkanes of at least 4 members (excludes halogenated alkanes) is 4. The highest BCUT2D eigenvalue weighted by molar-refractivity contribution is 7.58. The summed E-state index contributed by atoms with van der Waals surface area (Å²) in [6.45, 7) is 6.92. The molecule has 0 amide bonds. The van der Waals surface area contributed by atoms with Gasteiger partial charge in [-0.15, -0.1) is 0 Å². The number of hydrogen-bond acceptors (Lipinski definition) is 3. The maximum absolute atomic E-state index is 13.2. The summed E-state index contributed by atoms with van der Waals surface area (Å²) in [6.07, 6.45) is 12.9. The van der Waals surface area contributed by atoms with E-state index < -0.39 is 7.60 Å². The van der Waals surface area contributed by atoms with Gasteiger partial charge in [0.25, 0.3) is 0 Å². The molecule has 0 atom stereocenters. The Kier molecular flexibility index (Phi) is 10.4. The van der Waals surface area contributed by atoms with Crippen molar-refractivity contribution in [2.24, 2.45) is 0 Å². The molecule has 0 radical (unpaired) electrons. The Morgan fingerprint density at radius 2 is 1.50 bits per heavy atom. The van der Waals surface area contributed by atoms with Gasteiger partial charge in [0.15, 0.2) is 0 Å². The molecule has 1 aliphatic carbocycles. The zero-order valence-electron chi connectivity index (χ0n) is 14.9. The second kappa shape index (κ2) is 11.4. The predicted molar refractivity (Wildman–Crippen MR) is 94.3 cm³/mol. The molecular formula is C18H35O3P. The zero-order valence-corrected chi connectivity index (χ0v) is 15.8. The predicted octanol–water partition coefficient (Wildman–Crippen LogP) is 6.83. The molecule has 1 rings (SSSR count). The average molecular weight is 330 g/mol. The van der Waals surface area contributed by atoms with Crippen molar-refractivity contribution in [1.82, 2.24) is 0 Å². The molecule has 1 saturated carbocycles. The highest BCUT2D eigenvalue weighted by Gasteiger charge is 2.32. The molecule has 0 spiro atoms. The van der Waals surface area contributed by atoms with Crippen molar-refractivity contribution in [3.8, 4) is 0 Å². The molecule has 4 heteroatoms. The standard InChI is InChI=1S/C18H35O3P/c1-4-7-8-9-13-16-18(17-14-11-10-12-15-17)22(19,20-5-2)21-6-3/h4-16H2,1-3H3. The summed E-state index contributed by atoms with van der Waals surface area (Å²) in [5.41, 5.74) is 1.37. The lowest BCUT2D eigenvalue weighted by Crippen LogP contribution is -2.05. The molecule has 0 bridgehead atoms. The lowest BCUT2D eigenvalue weighted by Gasteiger charge is -2.25. The first-order valence-electron chi connectivity index (χ1n) is 9.28. The summed E-state index contributed by atoms with van der Waals surface area (Å²) in [4.78, 5) is 0. The van der Waals surface area contributed by atoms with Crippen LogP contribution in [0.1, 0.15) is 91.4 Å². The second-order valence-corrected chi connectivity index (χ2v) is 8.16. The largest absolute Gasteiger partial charge is 0.357 e. The maximum atomic E-state index is 13.2. The van der Waals surface area contributed by atoms with Crippen LogP contribution in [0.5, 0.6) is 0 Å². The molecular weight excluding hydrogens is 295 g/mol. The van der Waals surface area contributed by atoms with Crippen molar-refractivity contribution in [3.05, 3.63) is 10.9 Å². The molecule has 130 valence electrons. The third-order valence-corrected chi connectivity index (χ3v) is 6.71. The highest BCUT2D eigenvalue weighted by Crippen LogP contribution is 2.60. The lowest BCUT2D eigenvalue weighted by molar-refractivity contribution is 0.224. The number of hydrogen-bond donors (Lipinski definition) is 0. The summed E-state index contributed by atoms with van der Waals surface area (Å²) < 4.78 is 24.5. The molecule has 1 fully saturated rings. The second-order valence-electron chi connectivity index (χ2n) is 6.11. The molecule has 1 aliphatic rings. The average Bonchev–Trinajstić information content (AvgIpc) is 2.52. The molecule has 22 heavy (non-hydrogen) atoms. The van der Waals surface area contributed by atoms with Gasteiger partial charge in [0.2, 0.25) is 0 Å². The quantitative estimate of drug-likeness (QED) is 0.307. The summed E-state index contributed by atoms with van der Waals surface area (Å²) in [5, 5.41) is 1.02. The Balaban J connectivity index is 2.82. The third kappa shape index (κ3) is 6.56. The van der Waals surface area contributed by atoms with Crippen molar-refractivity contribution in [1.29, 1.82) is 0 Å². The smallest absolute Gasteiger partial charge is 0.306 e. The highest BCUT2D eigenvalue weighted by atomic mass is 31.2. The Morgan fingerprint density at radius 1 is 0.909 bits per heavy atom. The van der Waals surface area contributed by atoms with Crippen molar-refractivity contribution < 1.29 is 13.6 Å². The van der Waals surface area contributed by atoms with Crippen LogP contribution in [0.15, 0.2) is 10.9 Å². The molecule has 0 heterocycles. The van der Waals surface area contributed by atoms with E-state index in [0.717, 1.165) is 31.0 Å². The van der Waals surface area contributed by atoms with E-state index in [9.17, 15) is 4.57 Å². The molecule has 0 aromatic rings. The summed E-state index contributed by atoms with van der Waals surface area (Å²) >= 11 is 0. The molecule has 3 nitrogen and oxygen atoms in total. The van der Waals surface area contributed by atoms with Gasteiger partial charge in [0.05, 0.1) is 13.2 Å². The van der Waals surface area contributed by atoms with Gasteiger partial charge < -0.3 is 9.05 Å². The van der Waals surface area contributed by atoms with E-state index in [-0.39, 0.29) is 0 Å². The van der Waals surface area contributed by atoms with E-state index in [1.807, 2.05) is 13.8 Å². The van der Waals surface area contributed by atoms with Gasteiger partial charge in [-0.05, 0) is 52.4 Å². The van der Waals surface area contributed by atoms with Gasteiger partial charge in [0, 0.05) is 5.31 Å². The van der Waals surface area contributed by atoms with Gasteiger partial charge in [-0.1, -0.05) is 44.6 Å². The van der Waals surface area contributed by atoms with E-state index in [1.54, 1.807) is 0 Å². The van der Waals surface area contributed by atoms with E-state index in [0.29, 0.717) is 13.2 Å². The fourth-order valence-corrected chi connectivity index (χ4v) is 5.31. The number of rotatable bonds is 11. The Labute approximate surface area is 137 Å². The van der Waals surface area contributed by atoms with Crippen LogP contribution in [0.3, 0.4) is 0 Å². The van der Waals surface area contributed by atoms with Crippen molar-refractivity contribution in [2.45, 2.75) is 91.4 Å². The Morgan fingerprint density at radius 3 is 2.05 bits per heavy atom. The summed E-state index contributed by atoms with van der Waals surface area (Å²) in [5.74, 6) is 0. The first-order valence-corrected chi connectivity index (χ1v) is 10.8. The van der Waals surface area contributed by atoms with Crippen LogP contribution >= 0.6 is 7.60 Å². The zero-order chi connectivity index (χ0) is 16.3. The Bertz CT molecular complexity index is 359. The maximum Gasteiger partial charge on any atom is 0.357 e. The van der Waals surface area contributed by atoms with Crippen LogP contribution in [0.2, 0.25) is 0 Å². The van der Waals surface area contributed by atoms with Gasteiger partial charge in [0.1, 0.15) is 0 Å². The fraction of sp³-hybridized carbons (Fsp3) is 0.889. The van der Waals surface area contributed by atoms with Gasteiger partial charge in [-0.25, -0.2) is 0 Å². The minimum absolute atomic E-state index is 0.448. The van der Waals surface area contributed by atoms with E-state index in [1.165, 1.54) is 50.5 Å². The fourth-order valence-electron chi connectivity index (χ4n) is 3.20. The number of allylic oxidation sites excluding steroid dienone is 2. The van der Waals surface area contributed by atoms with Gasteiger partial charge in [-0.3, -0.25) is 4.57 Å². The normalized spacial score (nSPS) is 16.0. The Hall–Kier alpha value is -0.110. The monoisotopic (exact) mass is 330 g/mol. The van der Waals surface area contributed by atoms with Crippen LogP contribution < -0.4 is 0 Å². The van der Waals surface area contributed by atoms with Crippen LogP contribution in [0, 0.1) is 0 Å². The molecule has 0 unspecified atom stereocenters. The van der Waals surface area contributed by atoms with E-state index in [4.69, 9.17) is 9.05 Å². The SMILES string of the molecule is CCCCCCCC(=C1CCCCC1)P(=O)(OCC)OCC. The van der Waals surface area contributed by atoms with Crippen LogP contribution in [0.4, 0.5) is 0 Å². The summed E-state index contributed by atoms with van der Waals surface area (Å²) in [7, 11) is -3.07. The van der Waals surface area contributed by atoms with Crippen LogP contribution in [-0.4, -0.2) is 13.2 Å². The third-order valence-electron chi connectivity index (χ3n) is 4.31. The molecule has 0 aromatic heterocycles. The summed E-state index contributed by atoms with van der Waals surface area (Å²) in [6, 6.07) is 0. The molecule has 0 aromatic carbocycles. The molecule has 0 N–H and O–H groups in total. The molecule has 0 aliphatic heterocycles. The van der Waals surface area contributed by atoms with E-state index >= 15 is 0 Å². The minimum Gasteiger partial charge on any atom is -0.306 e. The topological polar surface area (TPSA) is 35.5 Å². The molecule has 0 saturated heterocycles. The first-order chi connectivity index (χ1) is 10.7. The van der Waals surface area contributed by atoms with Crippen molar-refractivity contribution in [2.75, 3.05) is 13.2 Å². The lowest BCUT2D eigenvalue weighted by atomic mass is 9.93. The van der Waals surface area contributed by atoms with Crippen LogP contribution in [0.25, 0.3) is 0 Å². The minimum atomic E-state index is -3.07. The van der Waals surface area contributed by atoms with E-state index in [2.05, 4.69) is 6.92 Å². The van der Waals surface area contributed by atoms with Gasteiger partial charge >= 0.3 is 7.60 Å². The van der Waals surface area contributed by atoms with Crippen molar-refractivity contribution in [3.63, 3.8) is 0 Å². The van der Waals surface area contributed by atoms with Crippen molar-refractivity contribution >= 4 is 7.60 Å². The first kappa shape index (κ1) is 19.9.